The average molecular weight is 245 g/mol. The van der Waals surface area contributed by atoms with Crippen molar-refractivity contribution < 1.29 is 0 Å². The van der Waals surface area contributed by atoms with Crippen molar-refractivity contribution >= 4 is 11.6 Å². The van der Waals surface area contributed by atoms with Gasteiger partial charge < -0.3 is 0 Å². The molecule has 0 aliphatic rings. The first-order valence-electron chi connectivity index (χ1n) is 5.01. The molecule has 1 aromatic carbocycles. The van der Waals surface area contributed by atoms with Crippen LogP contribution in [0.5, 0.6) is 0 Å². The molecule has 0 unspecified atom stereocenters. The number of nitrogens with zero attached hydrogens (tertiary/aromatic N) is 2. The summed E-state index contributed by atoms with van der Waals surface area (Å²) in [5.74, 6) is 5.87. The Labute approximate surface area is 104 Å². The Morgan fingerprint density at radius 3 is 2.76 bits per heavy atom. The highest BCUT2D eigenvalue weighted by atomic mass is 35.5. The highest BCUT2D eigenvalue weighted by Gasteiger charge is 1.95. The Balaban J connectivity index is 2.13. The number of benzene rings is 1. The van der Waals surface area contributed by atoms with Crippen LogP contribution in [0, 0.1) is 11.8 Å². The summed E-state index contributed by atoms with van der Waals surface area (Å²) >= 11 is 5.59. The van der Waals surface area contributed by atoms with Crippen LogP contribution in [0.3, 0.4) is 0 Å². The molecule has 17 heavy (non-hydrogen) atoms. The summed E-state index contributed by atoms with van der Waals surface area (Å²) in [6.45, 7) is 0.303. The van der Waals surface area contributed by atoms with E-state index in [0.717, 1.165) is 5.56 Å². The third-order valence-corrected chi connectivity index (χ3v) is 2.31. The molecule has 0 bridgehead atoms. The summed E-state index contributed by atoms with van der Waals surface area (Å²) < 4.78 is 1.40. The van der Waals surface area contributed by atoms with E-state index in [1.807, 2.05) is 30.3 Å². The predicted molar refractivity (Wildman–Crippen MR) is 66.8 cm³/mol. The SMILES string of the molecule is O=c1cc(Cl)ncn1CC#Cc1ccccc1. The summed E-state index contributed by atoms with van der Waals surface area (Å²) in [5, 5.41) is 0.197. The Morgan fingerprint density at radius 2 is 2.06 bits per heavy atom. The lowest BCUT2D eigenvalue weighted by molar-refractivity contribution is 0.768. The van der Waals surface area contributed by atoms with Crippen molar-refractivity contribution in [3.8, 4) is 11.8 Å². The largest absolute Gasteiger partial charge is 0.287 e. The third kappa shape index (κ3) is 3.20. The molecule has 1 aromatic heterocycles. The maximum absolute atomic E-state index is 11.5. The molecule has 0 amide bonds. The first-order chi connectivity index (χ1) is 8.25. The summed E-state index contributed by atoms with van der Waals surface area (Å²) in [6, 6.07) is 10.9. The summed E-state index contributed by atoms with van der Waals surface area (Å²) in [6.07, 6.45) is 1.39. The molecule has 3 nitrogen and oxygen atoms in total. The molecule has 84 valence electrons. The van der Waals surface area contributed by atoms with Crippen molar-refractivity contribution in [2.75, 3.05) is 0 Å². The Kier molecular flexibility index (Phi) is 3.59. The van der Waals surface area contributed by atoms with E-state index in [1.54, 1.807) is 0 Å². The average Bonchev–Trinajstić information content (AvgIpc) is 2.33. The molecule has 0 saturated carbocycles. The van der Waals surface area contributed by atoms with Gasteiger partial charge in [-0.1, -0.05) is 41.6 Å². The van der Waals surface area contributed by atoms with Crippen molar-refractivity contribution in [1.82, 2.24) is 9.55 Å². The van der Waals surface area contributed by atoms with Crippen molar-refractivity contribution in [2.24, 2.45) is 0 Å². The highest BCUT2D eigenvalue weighted by Crippen LogP contribution is 1.97. The summed E-state index contributed by atoms with van der Waals surface area (Å²) in [7, 11) is 0. The molecule has 2 aromatic rings. The van der Waals surface area contributed by atoms with Crippen molar-refractivity contribution in [3.05, 3.63) is 63.8 Å². The van der Waals surface area contributed by atoms with E-state index in [-0.39, 0.29) is 10.7 Å². The van der Waals surface area contributed by atoms with Gasteiger partial charge in [-0.05, 0) is 12.1 Å². The van der Waals surface area contributed by atoms with E-state index >= 15 is 0 Å². The van der Waals surface area contributed by atoms with Crippen LogP contribution in [0.25, 0.3) is 0 Å². The second kappa shape index (κ2) is 5.33. The number of hydrogen-bond acceptors (Lipinski definition) is 2. The van der Waals surface area contributed by atoms with Gasteiger partial charge in [-0.25, -0.2) is 4.98 Å². The van der Waals surface area contributed by atoms with Gasteiger partial charge >= 0.3 is 0 Å². The zero-order valence-electron chi connectivity index (χ0n) is 8.93. The van der Waals surface area contributed by atoms with Gasteiger partial charge in [-0.3, -0.25) is 9.36 Å². The lowest BCUT2D eigenvalue weighted by Gasteiger charge is -1.97. The number of halogens is 1. The van der Waals surface area contributed by atoms with Crippen molar-refractivity contribution in [3.63, 3.8) is 0 Å². The molecule has 0 aliphatic heterocycles. The fourth-order valence-corrected chi connectivity index (χ4v) is 1.41. The van der Waals surface area contributed by atoms with Crippen molar-refractivity contribution in [2.45, 2.75) is 6.54 Å². The highest BCUT2D eigenvalue weighted by molar-refractivity contribution is 6.29. The van der Waals surface area contributed by atoms with E-state index < -0.39 is 0 Å². The lowest BCUT2D eigenvalue weighted by Crippen LogP contribution is -2.18. The van der Waals surface area contributed by atoms with Crippen LogP contribution in [0.1, 0.15) is 5.56 Å². The molecule has 0 aliphatic carbocycles. The van der Waals surface area contributed by atoms with Crippen LogP contribution in [0.2, 0.25) is 5.15 Å². The van der Waals surface area contributed by atoms with E-state index in [9.17, 15) is 4.79 Å². The van der Waals surface area contributed by atoms with Crippen LogP contribution in [0.4, 0.5) is 0 Å². The van der Waals surface area contributed by atoms with Gasteiger partial charge in [0.25, 0.3) is 5.56 Å². The molecule has 0 saturated heterocycles. The molecule has 0 atom stereocenters. The van der Waals surface area contributed by atoms with Gasteiger partial charge in [-0.2, -0.15) is 0 Å². The van der Waals surface area contributed by atoms with Crippen molar-refractivity contribution in [1.29, 1.82) is 0 Å². The number of rotatable bonds is 1. The Hall–Kier alpha value is -2.05. The summed E-state index contributed by atoms with van der Waals surface area (Å²) in [5.41, 5.74) is 0.717. The number of hydrogen-bond donors (Lipinski definition) is 0. The van der Waals surface area contributed by atoms with Crippen LogP contribution >= 0.6 is 11.6 Å². The topological polar surface area (TPSA) is 34.9 Å². The maximum Gasteiger partial charge on any atom is 0.255 e. The molecule has 0 spiro atoms. The molecule has 2 rings (SSSR count). The van der Waals surface area contributed by atoms with Gasteiger partial charge in [0.15, 0.2) is 0 Å². The minimum atomic E-state index is -0.202. The second-order valence-electron chi connectivity index (χ2n) is 3.35. The van der Waals surface area contributed by atoms with E-state index in [0.29, 0.717) is 6.54 Å². The molecular formula is C13H9ClN2O. The van der Waals surface area contributed by atoms with Crippen LogP contribution in [-0.2, 0) is 6.54 Å². The molecule has 0 radical (unpaired) electrons. The fraction of sp³-hybridized carbons (Fsp3) is 0.0769. The second-order valence-corrected chi connectivity index (χ2v) is 3.73. The van der Waals surface area contributed by atoms with Gasteiger partial charge in [0.1, 0.15) is 11.5 Å². The minimum absolute atomic E-state index is 0.197. The molecule has 4 heteroatoms. The third-order valence-electron chi connectivity index (χ3n) is 2.10. The van der Waals surface area contributed by atoms with E-state index in [2.05, 4.69) is 16.8 Å². The quantitative estimate of drug-likeness (QED) is 0.568. The zero-order chi connectivity index (χ0) is 12.1. The standard InChI is InChI=1S/C13H9ClN2O/c14-12-9-13(17)16(10-15-12)8-4-7-11-5-2-1-3-6-11/h1-3,5-6,9-10H,8H2. The number of aromatic nitrogens is 2. The van der Waals surface area contributed by atoms with Gasteiger partial charge in [0.2, 0.25) is 0 Å². The predicted octanol–water partition coefficient (Wildman–Crippen LogP) is 1.95. The van der Waals surface area contributed by atoms with Crippen LogP contribution in [0.15, 0.2) is 47.5 Å². The molecule has 1 heterocycles. The first-order valence-corrected chi connectivity index (χ1v) is 5.39. The first kappa shape index (κ1) is 11.4. The normalized spacial score (nSPS) is 9.47. The molecule has 0 N–H and O–H groups in total. The maximum atomic E-state index is 11.5. The van der Waals surface area contributed by atoms with Gasteiger partial charge in [0.05, 0.1) is 6.54 Å². The Bertz CT molecular complexity index is 623. The Morgan fingerprint density at radius 1 is 1.29 bits per heavy atom. The lowest BCUT2D eigenvalue weighted by atomic mass is 10.2. The smallest absolute Gasteiger partial charge is 0.255 e. The molecular weight excluding hydrogens is 236 g/mol. The minimum Gasteiger partial charge on any atom is -0.287 e. The van der Waals surface area contributed by atoms with Gasteiger partial charge in [0, 0.05) is 11.6 Å². The zero-order valence-corrected chi connectivity index (χ0v) is 9.69. The fourth-order valence-electron chi connectivity index (χ4n) is 1.27. The van der Waals surface area contributed by atoms with E-state index in [1.165, 1.54) is 17.0 Å². The van der Waals surface area contributed by atoms with Crippen LogP contribution < -0.4 is 5.56 Å². The van der Waals surface area contributed by atoms with E-state index in [4.69, 9.17) is 11.6 Å². The monoisotopic (exact) mass is 244 g/mol. The van der Waals surface area contributed by atoms with Crippen LogP contribution in [-0.4, -0.2) is 9.55 Å². The summed E-state index contributed by atoms with van der Waals surface area (Å²) in [4.78, 5) is 15.3. The molecule has 0 fully saturated rings. The van der Waals surface area contributed by atoms with Gasteiger partial charge in [-0.15, -0.1) is 0 Å².